The third-order valence-electron chi connectivity index (χ3n) is 9.33. The van der Waals surface area contributed by atoms with Gasteiger partial charge in [-0.05, 0) is 83.8 Å². The van der Waals surface area contributed by atoms with Gasteiger partial charge in [0, 0.05) is 29.1 Å². The topological polar surface area (TPSA) is 98.6 Å². The van der Waals surface area contributed by atoms with Crippen molar-refractivity contribution in [3.8, 4) is 5.00 Å². The number of carbonyl (C=O) groups is 1. The first kappa shape index (κ1) is 29.6. The minimum atomic E-state index is -0.459. The number of hydrogen-bond acceptors (Lipinski definition) is 8. The number of allylic oxidation sites excluding steroid dienone is 1. The summed E-state index contributed by atoms with van der Waals surface area (Å²) in [6.07, 6.45) is 10.2. The normalized spacial score (nSPS) is 19.0. The van der Waals surface area contributed by atoms with Crippen LogP contribution in [-0.4, -0.2) is 55.1 Å². The summed E-state index contributed by atoms with van der Waals surface area (Å²) < 4.78 is 13.4. The number of aryl methyl sites for hydroxylation is 2. The maximum Gasteiger partial charge on any atom is 0.410 e. The van der Waals surface area contributed by atoms with Crippen LogP contribution >= 0.6 is 11.3 Å². The Morgan fingerprint density at radius 2 is 1.84 bits per heavy atom. The molecule has 0 bridgehead atoms. The second kappa shape index (κ2) is 11.1. The maximum atomic E-state index is 12.5. The van der Waals surface area contributed by atoms with Gasteiger partial charge in [-0.3, -0.25) is 9.56 Å². The Morgan fingerprint density at radius 1 is 1.11 bits per heavy atom. The molecule has 0 unspecified atom stereocenters. The largest absolute Gasteiger partial charge is 0.449 e. The van der Waals surface area contributed by atoms with Gasteiger partial charge in [-0.1, -0.05) is 35.9 Å². The van der Waals surface area contributed by atoms with Crippen LogP contribution in [0.1, 0.15) is 97.2 Å². The molecule has 10 heteroatoms. The molecule has 1 amide bonds. The van der Waals surface area contributed by atoms with Crippen molar-refractivity contribution in [3.63, 3.8) is 0 Å². The number of carbonyl (C=O) groups excluding carboxylic acids is 1. The zero-order chi connectivity index (χ0) is 31.5. The van der Waals surface area contributed by atoms with Gasteiger partial charge in [-0.2, -0.15) is 0 Å². The van der Waals surface area contributed by atoms with E-state index in [1.165, 1.54) is 21.6 Å². The summed E-state index contributed by atoms with van der Waals surface area (Å²) in [4.78, 5) is 25.4. The number of piperidine rings is 1. The SMILES string of the molecule is Cc1sc2c(c1C)C(c1ccc(C=C3CC4(CCN(C(=O)OC(C)(C)C)CC4)C3)cc1)=N[C@@H](Cc1ncco1)c1nnc(C)n1-2. The van der Waals surface area contributed by atoms with Crippen molar-refractivity contribution in [2.45, 2.75) is 85.3 Å². The fourth-order valence-electron chi connectivity index (χ4n) is 6.87. The molecule has 1 aromatic carbocycles. The lowest BCUT2D eigenvalue weighted by molar-refractivity contribution is 0.00448. The molecule has 7 rings (SSSR count). The summed E-state index contributed by atoms with van der Waals surface area (Å²) in [5.74, 6) is 2.28. The van der Waals surface area contributed by atoms with E-state index in [2.05, 4.69) is 63.9 Å². The molecule has 2 aliphatic heterocycles. The molecular weight excluding hydrogens is 584 g/mol. The molecular formula is C35H40N6O3S. The number of benzene rings is 1. The average Bonchev–Trinajstić information content (AvgIpc) is 3.68. The zero-order valence-corrected chi connectivity index (χ0v) is 27.7. The van der Waals surface area contributed by atoms with Crippen molar-refractivity contribution >= 4 is 29.2 Å². The lowest BCUT2D eigenvalue weighted by Crippen LogP contribution is -2.47. The molecule has 2 fully saturated rings. The second-order valence-corrected chi connectivity index (χ2v) is 15.0. The van der Waals surface area contributed by atoms with E-state index in [-0.39, 0.29) is 12.1 Å². The molecule has 5 heterocycles. The second-order valence-electron chi connectivity index (χ2n) is 13.8. The summed E-state index contributed by atoms with van der Waals surface area (Å²) in [6, 6.07) is 8.50. The minimum absolute atomic E-state index is 0.189. The highest BCUT2D eigenvalue weighted by atomic mass is 32.1. The summed E-state index contributed by atoms with van der Waals surface area (Å²) in [7, 11) is 0. The summed E-state index contributed by atoms with van der Waals surface area (Å²) in [5, 5.41) is 10.1. The Morgan fingerprint density at radius 3 is 2.51 bits per heavy atom. The number of fused-ring (bicyclic) bond motifs is 3. The predicted molar refractivity (Wildman–Crippen MR) is 175 cm³/mol. The van der Waals surface area contributed by atoms with E-state index in [1.54, 1.807) is 23.8 Å². The molecule has 1 atom stereocenters. The number of ether oxygens (including phenoxy) is 1. The standard InChI is InChI=1S/C35H40N6O3S/c1-21-22(2)45-32-29(21)30(37-27(18-28-36-13-16-43-28)31-39-38-23(3)41(31)32)26-9-7-24(8-10-26)17-25-19-35(20-25)11-14-40(15-12-35)33(42)44-34(4,5)6/h7-10,13,16-17,27H,11-12,14-15,18-20H2,1-6H3/t27-/m0/s1. The smallest absolute Gasteiger partial charge is 0.410 e. The first-order chi connectivity index (χ1) is 21.5. The van der Waals surface area contributed by atoms with E-state index >= 15 is 0 Å². The van der Waals surface area contributed by atoms with Gasteiger partial charge in [0.2, 0.25) is 0 Å². The molecule has 0 N–H and O–H groups in total. The van der Waals surface area contributed by atoms with E-state index in [0.29, 0.717) is 17.7 Å². The molecule has 4 aromatic rings. The monoisotopic (exact) mass is 624 g/mol. The third-order valence-corrected chi connectivity index (χ3v) is 10.5. The van der Waals surface area contributed by atoms with Crippen LogP contribution < -0.4 is 0 Å². The number of likely N-dealkylation sites (tertiary alicyclic amines) is 1. The summed E-state index contributed by atoms with van der Waals surface area (Å²) in [5.41, 5.74) is 6.95. The number of aliphatic imine (C=N–C) groups is 1. The van der Waals surface area contributed by atoms with E-state index in [1.807, 2.05) is 32.6 Å². The van der Waals surface area contributed by atoms with Crippen molar-refractivity contribution in [2.75, 3.05) is 13.1 Å². The molecule has 234 valence electrons. The van der Waals surface area contributed by atoms with Crippen LogP contribution in [0.15, 0.2) is 51.7 Å². The van der Waals surface area contributed by atoms with Gasteiger partial charge in [-0.25, -0.2) is 9.78 Å². The Labute approximate surface area is 268 Å². The van der Waals surface area contributed by atoms with Gasteiger partial charge < -0.3 is 14.1 Å². The Kier molecular flexibility index (Phi) is 7.30. The number of hydrogen-bond donors (Lipinski definition) is 0. The van der Waals surface area contributed by atoms with Gasteiger partial charge in [0.25, 0.3) is 0 Å². The first-order valence-corrected chi connectivity index (χ1v) is 16.6. The quantitative estimate of drug-likeness (QED) is 0.232. The number of thiophene rings is 1. The third kappa shape index (κ3) is 5.65. The Hall–Kier alpha value is -4.05. The highest BCUT2D eigenvalue weighted by molar-refractivity contribution is 7.15. The molecule has 1 aliphatic carbocycles. The van der Waals surface area contributed by atoms with Crippen molar-refractivity contribution in [2.24, 2.45) is 10.4 Å². The van der Waals surface area contributed by atoms with Crippen molar-refractivity contribution < 1.29 is 13.9 Å². The van der Waals surface area contributed by atoms with Crippen LogP contribution in [0, 0.1) is 26.2 Å². The van der Waals surface area contributed by atoms with Gasteiger partial charge in [-0.15, -0.1) is 21.5 Å². The van der Waals surface area contributed by atoms with E-state index in [0.717, 1.165) is 72.3 Å². The van der Waals surface area contributed by atoms with Gasteiger partial charge >= 0.3 is 6.09 Å². The Bertz CT molecular complexity index is 1790. The molecule has 1 spiro atoms. The molecule has 1 saturated heterocycles. The lowest BCUT2D eigenvalue weighted by atomic mass is 9.60. The van der Waals surface area contributed by atoms with Crippen LogP contribution in [0.5, 0.6) is 0 Å². The highest BCUT2D eigenvalue weighted by Gasteiger charge is 2.44. The summed E-state index contributed by atoms with van der Waals surface area (Å²) >= 11 is 1.76. The molecule has 1 saturated carbocycles. The van der Waals surface area contributed by atoms with Crippen LogP contribution in [-0.2, 0) is 11.2 Å². The molecule has 45 heavy (non-hydrogen) atoms. The summed E-state index contributed by atoms with van der Waals surface area (Å²) in [6.45, 7) is 13.6. The van der Waals surface area contributed by atoms with Gasteiger partial charge in [0.15, 0.2) is 11.7 Å². The van der Waals surface area contributed by atoms with Crippen molar-refractivity contribution in [1.82, 2.24) is 24.6 Å². The van der Waals surface area contributed by atoms with E-state index in [4.69, 9.17) is 14.1 Å². The van der Waals surface area contributed by atoms with Gasteiger partial charge in [0.1, 0.15) is 28.7 Å². The number of oxazole rings is 1. The molecule has 0 radical (unpaired) electrons. The number of rotatable bonds is 4. The minimum Gasteiger partial charge on any atom is -0.449 e. The lowest BCUT2D eigenvalue weighted by Gasteiger charge is -2.49. The number of aromatic nitrogens is 4. The van der Waals surface area contributed by atoms with Crippen LogP contribution in [0.2, 0.25) is 0 Å². The van der Waals surface area contributed by atoms with E-state index < -0.39 is 5.60 Å². The zero-order valence-electron chi connectivity index (χ0n) is 26.9. The van der Waals surface area contributed by atoms with Crippen molar-refractivity contribution in [1.29, 1.82) is 0 Å². The first-order valence-electron chi connectivity index (χ1n) is 15.8. The Balaban J connectivity index is 1.11. The predicted octanol–water partition coefficient (Wildman–Crippen LogP) is 7.57. The molecule has 9 nitrogen and oxygen atoms in total. The average molecular weight is 625 g/mol. The van der Waals surface area contributed by atoms with Crippen LogP contribution in [0.3, 0.4) is 0 Å². The number of nitrogens with zero attached hydrogens (tertiary/aromatic N) is 6. The highest BCUT2D eigenvalue weighted by Crippen LogP contribution is 2.53. The molecule has 3 aromatic heterocycles. The van der Waals surface area contributed by atoms with Crippen LogP contribution in [0.4, 0.5) is 4.79 Å². The fourth-order valence-corrected chi connectivity index (χ4v) is 8.09. The maximum absolute atomic E-state index is 12.5. The van der Waals surface area contributed by atoms with Gasteiger partial charge in [0.05, 0.1) is 18.3 Å². The van der Waals surface area contributed by atoms with Crippen molar-refractivity contribution in [3.05, 3.63) is 87.0 Å². The fraction of sp³-hybridized carbons (Fsp3) is 0.457. The van der Waals surface area contributed by atoms with E-state index in [9.17, 15) is 4.79 Å². The number of amides is 1. The molecule has 3 aliphatic rings. The van der Waals surface area contributed by atoms with Crippen LogP contribution in [0.25, 0.3) is 11.1 Å².